The number of hydrogen-bond acceptors (Lipinski definition) is 4. The molecule has 6 nitrogen and oxygen atoms in total. The zero-order chi connectivity index (χ0) is 15.6. The van der Waals surface area contributed by atoms with Crippen LogP contribution in [-0.4, -0.2) is 23.8 Å². The van der Waals surface area contributed by atoms with E-state index in [1.165, 1.54) is 13.8 Å². The Kier molecular flexibility index (Phi) is 4.16. The van der Waals surface area contributed by atoms with Crippen LogP contribution in [0, 0.1) is 0 Å². The molecule has 1 aromatic carbocycles. The number of hydrogen-bond donors (Lipinski definition) is 2. The van der Waals surface area contributed by atoms with Gasteiger partial charge in [-0.05, 0) is 38.5 Å². The molecule has 1 aliphatic rings. The molecule has 1 amide bonds. The van der Waals surface area contributed by atoms with Crippen molar-refractivity contribution in [3.05, 3.63) is 34.9 Å². The maximum atomic E-state index is 12.0. The molecule has 1 aromatic rings. The fraction of sp³-hybridized carbons (Fsp3) is 0.333. The highest BCUT2D eigenvalue weighted by Gasteiger charge is 2.18. The second-order valence-electron chi connectivity index (χ2n) is 4.86. The van der Waals surface area contributed by atoms with E-state index in [1.807, 2.05) is 13.0 Å². The first-order chi connectivity index (χ1) is 9.90. The molecule has 2 rings (SSSR count). The predicted octanol–water partition coefficient (Wildman–Crippen LogP) is 2.01. The molecule has 1 aliphatic heterocycles. The Balaban J connectivity index is 2.11. The first kappa shape index (κ1) is 14.9. The Hall–Kier alpha value is -2.50. The Morgan fingerprint density at radius 1 is 1.19 bits per heavy atom. The van der Waals surface area contributed by atoms with Gasteiger partial charge in [0.2, 0.25) is 12.7 Å². The van der Waals surface area contributed by atoms with Crippen molar-refractivity contribution in [1.82, 2.24) is 5.32 Å². The summed E-state index contributed by atoms with van der Waals surface area (Å²) in [6.45, 7) is 4.91. The summed E-state index contributed by atoms with van der Waals surface area (Å²) in [4.78, 5) is 22.9. The van der Waals surface area contributed by atoms with Crippen molar-refractivity contribution in [2.75, 3.05) is 6.79 Å². The standard InChI is InChI=1S/C15H17NO5/c1-8(9(2)15(18)19)14(17)16-10(3)11-4-5-12-13(6-11)21-7-20-12/h4-6,10H,7H2,1-3H3,(H,16,17)(H,18,19). The van der Waals surface area contributed by atoms with Crippen LogP contribution >= 0.6 is 0 Å². The van der Waals surface area contributed by atoms with Crippen molar-refractivity contribution in [2.24, 2.45) is 0 Å². The number of carbonyl (C=O) groups excluding carboxylic acids is 1. The van der Waals surface area contributed by atoms with Gasteiger partial charge in [-0.15, -0.1) is 0 Å². The van der Waals surface area contributed by atoms with Crippen molar-refractivity contribution >= 4 is 11.9 Å². The van der Waals surface area contributed by atoms with E-state index in [9.17, 15) is 9.59 Å². The minimum Gasteiger partial charge on any atom is -0.478 e. The molecule has 2 N–H and O–H groups in total. The predicted molar refractivity (Wildman–Crippen MR) is 75.1 cm³/mol. The molecular formula is C15H17NO5. The highest BCUT2D eigenvalue weighted by Crippen LogP contribution is 2.34. The summed E-state index contributed by atoms with van der Waals surface area (Å²) < 4.78 is 10.5. The molecule has 21 heavy (non-hydrogen) atoms. The topological polar surface area (TPSA) is 84.9 Å². The third-order valence-corrected chi connectivity index (χ3v) is 3.47. The van der Waals surface area contributed by atoms with Gasteiger partial charge in [0.25, 0.3) is 0 Å². The summed E-state index contributed by atoms with van der Waals surface area (Å²) >= 11 is 0. The first-order valence-corrected chi connectivity index (χ1v) is 6.51. The largest absolute Gasteiger partial charge is 0.478 e. The van der Waals surface area contributed by atoms with E-state index in [1.54, 1.807) is 12.1 Å². The Labute approximate surface area is 122 Å². The van der Waals surface area contributed by atoms with E-state index < -0.39 is 11.9 Å². The fourth-order valence-corrected chi connectivity index (χ4v) is 1.90. The molecule has 0 spiro atoms. The quantitative estimate of drug-likeness (QED) is 0.829. The summed E-state index contributed by atoms with van der Waals surface area (Å²) in [5.74, 6) is -0.184. The van der Waals surface area contributed by atoms with E-state index in [0.717, 1.165) is 5.56 Å². The third kappa shape index (κ3) is 3.16. The minimum absolute atomic E-state index is 0.0328. The van der Waals surface area contributed by atoms with Crippen LogP contribution in [0.15, 0.2) is 29.3 Å². The van der Waals surface area contributed by atoms with Gasteiger partial charge in [-0.3, -0.25) is 4.79 Å². The molecule has 0 fully saturated rings. The highest BCUT2D eigenvalue weighted by atomic mass is 16.7. The normalized spacial score (nSPS) is 15.2. The molecule has 1 heterocycles. The lowest BCUT2D eigenvalue weighted by molar-refractivity contribution is -0.133. The molecule has 0 aromatic heterocycles. The molecule has 0 bridgehead atoms. The van der Waals surface area contributed by atoms with E-state index >= 15 is 0 Å². The van der Waals surface area contributed by atoms with Gasteiger partial charge in [0.15, 0.2) is 11.5 Å². The van der Waals surface area contributed by atoms with Crippen LogP contribution in [-0.2, 0) is 9.59 Å². The lowest BCUT2D eigenvalue weighted by atomic mass is 10.1. The number of ether oxygens (including phenoxy) is 2. The summed E-state index contributed by atoms with van der Waals surface area (Å²) in [6, 6.07) is 5.15. The van der Waals surface area contributed by atoms with E-state index in [-0.39, 0.29) is 24.0 Å². The maximum absolute atomic E-state index is 12.0. The highest BCUT2D eigenvalue weighted by molar-refractivity contribution is 6.01. The number of carboxylic acid groups (broad SMARTS) is 1. The zero-order valence-corrected chi connectivity index (χ0v) is 12.1. The Morgan fingerprint density at radius 3 is 2.52 bits per heavy atom. The number of aliphatic carboxylic acids is 1. The molecule has 0 saturated carbocycles. The summed E-state index contributed by atoms with van der Waals surface area (Å²) in [5, 5.41) is 11.7. The second-order valence-corrected chi connectivity index (χ2v) is 4.86. The van der Waals surface area contributed by atoms with Gasteiger partial charge < -0.3 is 19.9 Å². The van der Waals surface area contributed by atoms with Crippen LogP contribution < -0.4 is 14.8 Å². The van der Waals surface area contributed by atoms with Crippen LogP contribution in [0.2, 0.25) is 0 Å². The number of fused-ring (bicyclic) bond motifs is 1. The Bertz CT molecular complexity index is 620. The average Bonchev–Trinajstić information content (AvgIpc) is 2.92. The van der Waals surface area contributed by atoms with Gasteiger partial charge in [0.05, 0.1) is 6.04 Å². The minimum atomic E-state index is -1.10. The van der Waals surface area contributed by atoms with Crippen LogP contribution in [0.4, 0.5) is 0 Å². The van der Waals surface area contributed by atoms with Crippen molar-refractivity contribution in [3.63, 3.8) is 0 Å². The monoisotopic (exact) mass is 291 g/mol. The summed E-state index contributed by atoms with van der Waals surface area (Å²) in [7, 11) is 0. The van der Waals surface area contributed by atoms with Gasteiger partial charge >= 0.3 is 5.97 Å². The van der Waals surface area contributed by atoms with Crippen LogP contribution in [0.1, 0.15) is 32.4 Å². The van der Waals surface area contributed by atoms with E-state index in [2.05, 4.69) is 5.32 Å². The van der Waals surface area contributed by atoms with Gasteiger partial charge in [-0.1, -0.05) is 6.07 Å². The van der Waals surface area contributed by atoms with Crippen LogP contribution in [0.3, 0.4) is 0 Å². The molecule has 0 radical (unpaired) electrons. The van der Waals surface area contributed by atoms with Gasteiger partial charge in [0, 0.05) is 11.1 Å². The van der Waals surface area contributed by atoms with Gasteiger partial charge in [-0.2, -0.15) is 0 Å². The molecule has 1 unspecified atom stereocenters. The van der Waals surface area contributed by atoms with Gasteiger partial charge in [0.1, 0.15) is 0 Å². The third-order valence-electron chi connectivity index (χ3n) is 3.47. The van der Waals surface area contributed by atoms with E-state index in [4.69, 9.17) is 14.6 Å². The van der Waals surface area contributed by atoms with Crippen molar-refractivity contribution in [3.8, 4) is 11.5 Å². The molecule has 0 saturated heterocycles. The fourth-order valence-electron chi connectivity index (χ4n) is 1.90. The maximum Gasteiger partial charge on any atom is 0.331 e. The molecule has 6 heteroatoms. The van der Waals surface area contributed by atoms with Crippen LogP contribution in [0.5, 0.6) is 11.5 Å². The molecule has 1 atom stereocenters. The SMILES string of the molecule is CC(C(=O)O)=C(C)C(=O)NC(C)c1ccc2c(c1)OCO2. The second kappa shape index (κ2) is 5.87. The molecular weight excluding hydrogens is 274 g/mol. The molecule has 0 aliphatic carbocycles. The zero-order valence-electron chi connectivity index (χ0n) is 12.1. The van der Waals surface area contributed by atoms with Crippen LogP contribution in [0.25, 0.3) is 0 Å². The lowest BCUT2D eigenvalue weighted by Crippen LogP contribution is -2.28. The van der Waals surface area contributed by atoms with Crippen molar-refractivity contribution in [1.29, 1.82) is 0 Å². The number of carbonyl (C=O) groups is 2. The number of carboxylic acids is 1. The summed E-state index contributed by atoms with van der Waals surface area (Å²) in [6.07, 6.45) is 0. The van der Waals surface area contributed by atoms with Crippen molar-refractivity contribution < 1.29 is 24.2 Å². The number of amides is 1. The molecule has 112 valence electrons. The smallest absolute Gasteiger partial charge is 0.331 e. The Morgan fingerprint density at radius 2 is 1.86 bits per heavy atom. The average molecular weight is 291 g/mol. The number of rotatable bonds is 4. The number of benzene rings is 1. The summed E-state index contributed by atoms with van der Waals surface area (Å²) in [5.41, 5.74) is 1.08. The lowest BCUT2D eigenvalue weighted by Gasteiger charge is -2.15. The number of nitrogens with one attached hydrogen (secondary N) is 1. The van der Waals surface area contributed by atoms with E-state index in [0.29, 0.717) is 11.5 Å². The van der Waals surface area contributed by atoms with Crippen molar-refractivity contribution in [2.45, 2.75) is 26.8 Å². The van der Waals surface area contributed by atoms with Gasteiger partial charge in [-0.25, -0.2) is 4.79 Å². The first-order valence-electron chi connectivity index (χ1n) is 6.51.